The van der Waals surface area contributed by atoms with Gasteiger partial charge in [-0.05, 0) is 76.0 Å². The van der Waals surface area contributed by atoms with Crippen LogP contribution in [0.4, 0.5) is 4.79 Å². The number of rotatable bonds is 6. The first kappa shape index (κ1) is 27.5. The summed E-state index contributed by atoms with van der Waals surface area (Å²) >= 11 is 0. The van der Waals surface area contributed by atoms with Crippen LogP contribution in [0.15, 0.2) is 18.2 Å². The largest absolute Gasteiger partial charge is 0.486 e. The predicted molar refractivity (Wildman–Crippen MR) is 138 cm³/mol. The van der Waals surface area contributed by atoms with Crippen molar-refractivity contribution >= 4 is 11.9 Å². The van der Waals surface area contributed by atoms with Crippen molar-refractivity contribution in [3.63, 3.8) is 0 Å². The molecule has 1 fully saturated rings. The highest BCUT2D eigenvalue weighted by Gasteiger charge is 2.45. The van der Waals surface area contributed by atoms with Crippen LogP contribution in [0.25, 0.3) is 0 Å². The van der Waals surface area contributed by atoms with Gasteiger partial charge in [0.2, 0.25) is 0 Å². The van der Waals surface area contributed by atoms with E-state index in [4.69, 9.17) is 9.47 Å². The molecule has 0 aromatic heterocycles. The Labute approximate surface area is 211 Å². The lowest BCUT2D eigenvalue weighted by Crippen LogP contribution is -2.53. The van der Waals surface area contributed by atoms with E-state index in [0.29, 0.717) is 56.0 Å². The first-order valence-corrected chi connectivity index (χ1v) is 13.1. The van der Waals surface area contributed by atoms with Crippen molar-refractivity contribution in [2.45, 2.75) is 111 Å². The zero-order valence-corrected chi connectivity index (χ0v) is 23.0. The lowest BCUT2D eigenvalue weighted by Gasteiger charge is -2.44. The molecule has 6 nitrogen and oxygen atoms in total. The Morgan fingerprint density at radius 1 is 1.14 bits per heavy atom. The molecular formula is C29H45NO5. The molecule has 1 amide bonds. The van der Waals surface area contributed by atoms with E-state index >= 15 is 0 Å². The SMILES string of the molecule is CC(C)CCC(C)(O)C(C)(C)Cc1ccc2c(c1)C(=O)CC1(CCN(C(=O)OC(C)(C)C)CC1)O2. The molecule has 1 atom stereocenters. The Kier molecular flexibility index (Phi) is 7.67. The van der Waals surface area contributed by atoms with Gasteiger partial charge in [-0.15, -0.1) is 0 Å². The molecule has 0 saturated carbocycles. The number of amides is 1. The summed E-state index contributed by atoms with van der Waals surface area (Å²) in [7, 11) is 0. The number of carbonyl (C=O) groups is 2. The number of hydrogen-bond acceptors (Lipinski definition) is 5. The smallest absolute Gasteiger partial charge is 0.410 e. The van der Waals surface area contributed by atoms with E-state index in [-0.39, 0.29) is 17.3 Å². The van der Waals surface area contributed by atoms with Gasteiger partial charge in [0.15, 0.2) is 5.78 Å². The van der Waals surface area contributed by atoms with Crippen LogP contribution in [0.3, 0.4) is 0 Å². The average Bonchev–Trinajstić information content (AvgIpc) is 2.72. The van der Waals surface area contributed by atoms with Crippen LogP contribution in [-0.4, -0.2) is 51.8 Å². The first-order chi connectivity index (χ1) is 16.0. The predicted octanol–water partition coefficient (Wildman–Crippen LogP) is 6.18. The summed E-state index contributed by atoms with van der Waals surface area (Å²) in [4.78, 5) is 27.3. The van der Waals surface area contributed by atoms with Crippen molar-refractivity contribution in [3.8, 4) is 5.75 Å². The summed E-state index contributed by atoms with van der Waals surface area (Å²) in [6.45, 7) is 17.1. The van der Waals surface area contributed by atoms with Crippen molar-refractivity contribution < 1.29 is 24.2 Å². The summed E-state index contributed by atoms with van der Waals surface area (Å²) in [6.07, 6.45) is 3.60. The number of likely N-dealkylation sites (tertiary alicyclic amines) is 1. The third-order valence-corrected chi connectivity index (χ3v) is 7.79. The van der Waals surface area contributed by atoms with Crippen molar-refractivity contribution in [2.24, 2.45) is 11.3 Å². The van der Waals surface area contributed by atoms with Gasteiger partial charge in [0, 0.05) is 25.9 Å². The van der Waals surface area contributed by atoms with Crippen LogP contribution in [0.5, 0.6) is 5.75 Å². The average molecular weight is 488 g/mol. The van der Waals surface area contributed by atoms with Crippen LogP contribution in [-0.2, 0) is 11.2 Å². The van der Waals surface area contributed by atoms with E-state index in [2.05, 4.69) is 27.7 Å². The minimum absolute atomic E-state index is 0.0863. The zero-order valence-electron chi connectivity index (χ0n) is 23.0. The number of fused-ring (bicyclic) bond motifs is 1. The fourth-order valence-electron chi connectivity index (χ4n) is 4.96. The molecule has 0 radical (unpaired) electrons. The van der Waals surface area contributed by atoms with Gasteiger partial charge in [-0.1, -0.05) is 33.8 Å². The van der Waals surface area contributed by atoms with Gasteiger partial charge in [-0.25, -0.2) is 4.79 Å². The van der Waals surface area contributed by atoms with E-state index < -0.39 is 16.8 Å². The number of benzene rings is 1. The second-order valence-corrected chi connectivity index (χ2v) is 12.9. The monoisotopic (exact) mass is 487 g/mol. The van der Waals surface area contributed by atoms with Crippen molar-refractivity contribution in [1.82, 2.24) is 4.90 Å². The van der Waals surface area contributed by atoms with Crippen LogP contribution in [0.2, 0.25) is 0 Å². The lowest BCUT2D eigenvalue weighted by atomic mass is 9.69. The quantitative estimate of drug-likeness (QED) is 0.519. The number of ketones is 1. The second-order valence-electron chi connectivity index (χ2n) is 12.9. The number of Topliss-reactive ketones (excluding diaryl/α,β-unsaturated/α-hetero) is 1. The molecule has 0 aliphatic carbocycles. The molecule has 1 spiro atoms. The highest BCUT2D eigenvalue weighted by Crippen LogP contribution is 2.42. The van der Waals surface area contributed by atoms with Gasteiger partial charge in [0.1, 0.15) is 17.0 Å². The van der Waals surface area contributed by atoms with Gasteiger partial charge in [0.05, 0.1) is 17.6 Å². The number of nitrogens with zero attached hydrogens (tertiary/aromatic N) is 1. The van der Waals surface area contributed by atoms with E-state index in [1.54, 1.807) is 4.90 Å². The minimum atomic E-state index is -0.806. The summed E-state index contributed by atoms with van der Waals surface area (Å²) in [6, 6.07) is 5.87. The lowest BCUT2D eigenvalue weighted by molar-refractivity contribution is -0.0609. The molecule has 2 aliphatic rings. The molecule has 3 rings (SSSR count). The van der Waals surface area contributed by atoms with Gasteiger partial charge >= 0.3 is 6.09 Å². The highest BCUT2D eigenvalue weighted by molar-refractivity contribution is 6.00. The number of hydrogen-bond donors (Lipinski definition) is 1. The Bertz CT molecular complexity index is 933. The highest BCUT2D eigenvalue weighted by atomic mass is 16.6. The molecular weight excluding hydrogens is 442 g/mol. The first-order valence-electron chi connectivity index (χ1n) is 13.1. The van der Waals surface area contributed by atoms with E-state index in [9.17, 15) is 14.7 Å². The molecule has 1 unspecified atom stereocenters. The van der Waals surface area contributed by atoms with Crippen molar-refractivity contribution in [1.29, 1.82) is 0 Å². The topological polar surface area (TPSA) is 76.1 Å². The maximum atomic E-state index is 13.2. The molecule has 1 aromatic carbocycles. The summed E-state index contributed by atoms with van der Waals surface area (Å²) in [5.74, 6) is 1.25. The number of ether oxygens (including phenoxy) is 2. The molecule has 1 aromatic rings. The van der Waals surface area contributed by atoms with E-state index in [1.807, 2.05) is 45.9 Å². The summed E-state index contributed by atoms with van der Waals surface area (Å²) in [5.41, 5.74) is -0.586. The molecule has 1 N–H and O–H groups in total. The van der Waals surface area contributed by atoms with Crippen LogP contribution in [0, 0.1) is 11.3 Å². The number of aliphatic hydroxyl groups is 1. The molecule has 35 heavy (non-hydrogen) atoms. The van der Waals surface area contributed by atoms with Gasteiger partial charge in [-0.2, -0.15) is 0 Å². The Morgan fingerprint density at radius 3 is 2.34 bits per heavy atom. The maximum absolute atomic E-state index is 13.2. The van der Waals surface area contributed by atoms with Gasteiger partial charge in [-0.3, -0.25) is 4.79 Å². The molecule has 1 saturated heterocycles. The standard InChI is InChI=1S/C29H45NO5/c1-20(2)11-12-28(8,33)27(6,7)18-21-9-10-24-22(17-21)23(31)19-29(34-24)13-15-30(16-14-29)25(32)35-26(3,4)5/h9-10,17,20,33H,11-16,18-19H2,1-8H3. The minimum Gasteiger partial charge on any atom is -0.486 e. The summed E-state index contributed by atoms with van der Waals surface area (Å²) in [5, 5.41) is 11.2. The molecule has 2 heterocycles. The van der Waals surface area contributed by atoms with Gasteiger partial charge in [0.25, 0.3) is 0 Å². The molecule has 2 aliphatic heterocycles. The van der Waals surface area contributed by atoms with E-state index in [0.717, 1.165) is 18.4 Å². The Hall–Kier alpha value is -2.08. The van der Waals surface area contributed by atoms with Crippen LogP contribution in [0.1, 0.15) is 103 Å². The molecule has 0 bridgehead atoms. The Balaban J connectivity index is 1.68. The number of piperidine rings is 1. The van der Waals surface area contributed by atoms with Crippen LogP contribution < -0.4 is 4.74 Å². The maximum Gasteiger partial charge on any atom is 0.410 e. The third kappa shape index (κ3) is 6.58. The Morgan fingerprint density at radius 2 is 1.77 bits per heavy atom. The summed E-state index contributed by atoms with van der Waals surface area (Å²) < 4.78 is 11.9. The van der Waals surface area contributed by atoms with Crippen molar-refractivity contribution in [2.75, 3.05) is 13.1 Å². The fraction of sp³-hybridized carbons (Fsp3) is 0.724. The van der Waals surface area contributed by atoms with Crippen LogP contribution >= 0.6 is 0 Å². The molecule has 196 valence electrons. The third-order valence-electron chi connectivity index (χ3n) is 7.79. The van der Waals surface area contributed by atoms with E-state index in [1.165, 1.54) is 0 Å². The zero-order chi connectivity index (χ0) is 26.2. The van der Waals surface area contributed by atoms with Crippen molar-refractivity contribution in [3.05, 3.63) is 29.3 Å². The number of carbonyl (C=O) groups excluding carboxylic acids is 2. The fourth-order valence-corrected chi connectivity index (χ4v) is 4.96. The second kappa shape index (κ2) is 9.76. The molecule has 6 heteroatoms. The normalized spacial score (nSPS) is 19.8. The van der Waals surface area contributed by atoms with Gasteiger partial charge < -0.3 is 19.5 Å².